The topological polar surface area (TPSA) is 38.7 Å². The van der Waals surface area contributed by atoms with Crippen molar-refractivity contribution in [3.63, 3.8) is 0 Å². The fourth-order valence-electron chi connectivity index (χ4n) is 1.50. The maximum absolute atomic E-state index is 10.8. The van der Waals surface area contributed by atoms with Gasteiger partial charge >= 0.3 is 8.80 Å². The Morgan fingerprint density at radius 3 is 1.80 bits per heavy atom. The molecule has 0 radical (unpaired) electrons. The fourth-order valence-corrected chi connectivity index (χ4v) is 7.67. The molecule has 1 aromatic carbocycles. The summed E-state index contributed by atoms with van der Waals surface area (Å²) in [5, 5.41) is 0.796. The molecule has 0 atom stereocenters. The Labute approximate surface area is 127 Å². The van der Waals surface area contributed by atoms with Gasteiger partial charge in [0.25, 0.3) is 0 Å². The van der Waals surface area contributed by atoms with Crippen molar-refractivity contribution >= 4 is 33.5 Å². The van der Waals surface area contributed by atoms with Crippen LogP contribution in [0, 0.1) is 0 Å². The van der Waals surface area contributed by atoms with Gasteiger partial charge in [-0.25, -0.2) is 0 Å². The first-order valence-electron chi connectivity index (χ1n) is 6.76. The molecular formula is C14H24O3Si3. The molecule has 0 heterocycles. The van der Waals surface area contributed by atoms with Crippen molar-refractivity contribution in [2.24, 2.45) is 0 Å². The van der Waals surface area contributed by atoms with E-state index in [1.54, 1.807) is 0 Å². The molecule has 0 amide bonds. The molecule has 0 unspecified atom stereocenters. The van der Waals surface area contributed by atoms with Crippen LogP contribution in [0.4, 0.5) is 0 Å². The maximum Gasteiger partial charge on any atom is 0.513 e. The van der Waals surface area contributed by atoms with Crippen LogP contribution in [-0.2, 0) is 8.23 Å². The summed E-state index contributed by atoms with van der Waals surface area (Å²) in [4.78, 5) is 10.8. The van der Waals surface area contributed by atoms with Crippen molar-refractivity contribution in [3.05, 3.63) is 52.9 Å². The average Bonchev–Trinajstić information content (AvgIpc) is 2.39. The summed E-state index contributed by atoms with van der Waals surface area (Å²) in [5.41, 5.74) is 6.63. The fraction of sp³-hybridized carbons (Fsp3) is 0.286. The highest BCUT2D eigenvalue weighted by Crippen LogP contribution is 2.05. The van der Waals surface area contributed by atoms with Crippen LogP contribution in [0.15, 0.2) is 52.9 Å². The van der Waals surface area contributed by atoms with Crippen LogP contribution in [-0.4, -0.2) is 33.1 Å². The minimum Gasteiger partial charge on any atom is -0.415 e. The first-order valence-corrected chi connectivity index (χ1v) is 11.3. The average molecular weight is 325 g/mol. The van der Waals surface area contributed by atoms with E-state index in [2.05, 4.69) is 11.4 Å². The SMILES string of the molecule is CC(C)=C[SiH2]O[Si](O)(O[SiH2]C=C(C)C)c1ccccc1. The van der Waals surface area contributed by atoms with Crippen molar-refractivity contribution in [2.45, 2.75) is 27.7 Å². The summed E-state index contributed by atoms with van der Waals surface area (Å²) < 4.78 is 11.7. The summed E-state index contributed by atoms with van der Waals surface area (Å²) >= 11 is 0. The van der Waals surface area contributed by atoms with E-state index in [9.17, 15) is 4.80 Å². The molecule has 0 saturated carbocycles. The predicted octanol–water partition coefficient (Wildman–Crippen LogP) is 0.873. The summed E-state index contributed by atoms with van der Waals surface area (Å²) in [6.07, 6.45) is 0. The second kappa shape index (κ2) is 8.50. The molecule has 0 aliphatic heterocycles. The van der Waals surface area contributed by atoms with Crippen LogP contribution < -0.4 is 5.19 Å². The van der Waals surface area contributed by atoms with Gasteiger partial charge in [0.05, 0.1) is 0 Å². The van der Waals surface area contributed by atoms with E-state index < -0.39 is 28.3 Å². The summed E-state index contributed by atoms with van der Waals surface area (Å²) in [6, 6.07) is 9.52. The molecule has 1 N–H and O–H groups in total. The van der Waals surface area contributed by atoms with Crippen molar-refractivity contribution in [1.82, 2.24) is 0 Å². The predicted molar refractivity (Wildman–Crippen MR) is 92.2 cm³/mol. The smallest absolute Gasteiger partial charge is 0.415 e. The van der Waals surface area contributed by atoms with Crippen LogP contribution in [0.25, 0.3) is 0 Å². The Hall–Kier alpha value is -0.769. The van der Waals surface area contributed by atoms with Gasteiger partial charge in [-0.1, -0.05) is 52.9 Å². The van der Waals surface area contributed by atoms with Gasteiger partial charge < -0.3 is 13.0 Å². The number of benzene rings is 1. The molecule has 0 fully saturated rings. The first kappa shape index (κ1) is 17.3. The standard InChI is InChI=1S/C14H24O3Si3/c1-12(2)10-18-16-20(15,17-19-11-13(3)4)14-8-6-5-7-9-14/h5-11,15H,18-19H2,1-4H3. The molecule has 0 aliphatic carbocycles. The van der Waals surface area contributed by atoms with E-state index in [1.165, 1.54) is 11.1 Å². The van der Waals surface area contributed by atoms with Crippen molar-refractivity contribution < 1.29 is 13.0 Å². The highest BCUT2D eigenvalue weighted by Gasteiger charge is 2.38. The Morgan fingerprint density at radius 1 is 0.950 bits per heavy atom. The van der Waals surface area contributed by atoms with Crippen LogP contribution in [0.2, 0.25) is 0 Å². The molecular weight excluding hydrogens is 300 g/mol. The minimum atomic E-state index is -3.22. The van der Waals surface area contributed by atoms with E-state index in [1.807, 2.05) is 58.0 Å². The number of hydrogen-bond acceptors (Lipinski definition) is 3. The highest BCUT2D eigenvalue weighted by atomic mass is 28.4. The van der Waals surface area contributed by atoms with Gasteiger partial charge in [0, 0.05) is 5.19 Å². The molecule has 1 rings (SSSR count). The zero-order valence-electron chi connectivity index (χ0n) is 12.7. The lowest BCUT2D eigenvalue weighted by atomic mass is 10.4. The van der Waals surface area contributed by atoms with Crippen LogP contribution in [0.1, 0.15) is 27.7 Å². The Balaban J connectivity index is 2.82. The van der Waals surface area contributed by atoms with Crippen molar-refractivity contribution in [1.29, 1.82) is 0 Å². The molecule has 0 aliphatic rings. The maximum atomic E-state index is 10.8. The second-order valence-electron chi connectivity index (χ2n) is 5.13. The monoisotopic (exact) mass is 324 g/mol. The Kier molecular flexibility index (Phi) is 7.35. The lowest BCUT2D eigenvalue weighted by Crippen LogP contribution is -2.55. The zero-order valence-corrected chi connectivity index (χ0v) is 16.5. The lowest BCUT2D eigenvalue weighted by molar-refractivity contribution is 0.287. The van der Waals surface area contributed by atoms with Gasteiger partial charge in [-0.2, -0.15) is 0 Å². The third kappa shape index (κ3) is 6.12. The zero-order chi connectivity index (χ0) is 15.0. The van der Waals surface area contributed by atoms with Gasteiger partial charge in [-0.3, -0.25) is 0 Å². The lowest BCUT2D eigenvalue weighted by Gasteiger charge is -2.24. The van der Waals surface area contributed by atoms with Crippen LogP contribution in [0.3, 0.4) is 0 Å². The van der Waals surface area contributed by atoms with E-state index in [0.717, 1.165) is 5.19 Å². The van der Waals surface area contributed by atoms with Gasteiger partial charge in [0.1, 0.15) is 0 Å². The van der Waals surface area contributed by atoms with Gasteiger partial charge in [0.2, 0.25) is 0 Å². The van der Waals surface area contributed by atoms with Crippen molar-refractivity contribution in [3.8, 4) is 0 Å². The summed E-state index contributed by atoms with van der Waals surface area (Å²) in [5.74, 6) is 0. The molecule has 0 spiro atoms. The quantitative estimate of drug-likeness (QED) is 0.757. The van der Waals surface area contributed by atoms with Gasteiger partial charge in [-0.05, 0) is 27.7 Å². The van der Waals surface area contributed by atoms with E-state index in [4.69, 9.17) is 8.23 Å². The third-order valence-electron chi connectivity index (χ3n) is 2.68. The third-order valence-corrected chi connectivity index (χ3v) is 10.2. The van der Waals surface area contributed by atoms with Gasteiger partial charge in [0.15, 0.2) is 19.5 Å². The molecule has 20 heavy (non-hydrogen) atoms. The molecule has 110 valence electrons. The molecule has 3 nitrogen and oxygen atoms in total. The van der Waals surface area contributed by atoms with E-state index in [0.29, 0.717) is 0 Å². The van der Waals surface area contributed by atoms with Crippen LogP contribution >= 0.6 is 0 Å². The molecule has 6 heteroatoms. The van der Waals surface area contributed by atoms with Gasteiger partial charge in [-0.15, -0.1) is 0 Å². The van der Waals surface area contributed by atoms with Crippen molar-refractivity contribution in [2.75, 3.05) is 0 Å². The second-order valence-corrected chi connectivity index (χ2v) is 10.7. The Morgan fingerprint density at radius 2 is 1.40 bits per heavy atom. The van der Waals surface area contributed by atoms with E-state index in [-0.39, 0.29) is 0 Å². The minimum absolute atomic E-state index is 0.796. The molecule has 0 bridgehead atoms. The number of allylic oxidation sites excluding steroid dienone is 2. The summed E-state index contributed by atoms with van der Waals surface area (Å²) in [7, 11) is -5.04. The Bertz CT molecular complexity index is 442. The largest absolute Gasteiger partial charge is 0.513 e. The molecule has 0 aromatic heterocycles. The van der Waals surface area contributed by atoms with Crippen LogP contribution in [0.5, 0.6) is 0 Å². The normalized spacial score (nSPS) is 14.7. The molecule has 0 saturated heterocycles. The molecule has 1 aromatic rings. The highest BCUT2D eigenvalue weighted by molar-refractivity contribution is 6.81. The van der Waals surface area contributed by atoms with E-state index >= 15 is 0 Å². The summed E-state index contributed by atoms with van der Waals surface area (Å²) in [6.45, 7) is 8.16. The first-order chi connectivity index (χ1) is 9.44. The number of rotatable bonds is 7. The number of hydrogen-bond donors (Lipinski definition) is 1.